The van der Waals surface area contributed by atoms with Crippen molar-refractivity contribution in [1.82, 2.24) is 14.9 Å². The van der Waals surface area contributed by atoms with Gasteiger partial charge in [0.05, 0.1) is 12.9 Å². The Labute approximate surface area is 153 Å². The molecular weight excluding hydrogens is 326 g/mol. The van der Waals surface area contributed by atoms with E-state index in [-0.39, 0.29) is 0 Å². The molecule has 3 rings (SSSR count). The molecule has 2 aromatic rings. The number of hydrogen-bond acceptors (Lipinski definition) is 6. The predicted octanol–water partition coefficient (Wildman–Crippen LogP) is 1.31. The highest BCUT2D eigenvalue weighted by Crippen LogP contribution is 2.30. The van der Waals surface area contributed by atoms with Gasteiger partial charge in [-0.3, -0.25) is 10.6 Å². The molecule has 6 N–H and O–H groups in total. The lowest BCUT2D eigenvalue weighted by Gasteiger charge is -2.32. The van der Waals surface area contributed by atoms with E-state index in [2.05, 4.69) is 50.9 Å². The van der Waals surface area contributed by atoms with Crippen LogP contribution in [0.4, 0.5) is 5.82 Å². The van der Waals surface area contributed by atoms with Crippen LogP contribution in [0.3, 0.4) is 0 Å². The molecule has 0 spiro atoms. The van der Waals surface area contributed by atoms with Crippen molar-refractivity contribution in [2.75, 3.05) is 25.0 Å². The zero-order valence-corrected chi connectivity index (χ0v) is 15.4. The first-order chi connectivity index (χ1) is 12.5. The fourth-order valence-corrected chi connectivity index (χ4v) is 3.04. The second kappa shape index (κ2) is 7.20. The largest absolute Gasteiger partial charge is 0.382 e. The van der Waals surface area contributed by atoms with Gasteiger partial charge in [0.25, 0.3) is 0 Å². The summed E-state index contributed by atoms with van der Waals surface area (Å²) < 4.78 is 0. The molecule has 1 unspecified atom stereocenters. The summed E-state index contributed by atoms with van der Waals surface area (Å²) in [7, 11) is 0. The van der Waals surface area contributed by atoms with Gasteiger partial charge >= 0.3 is 0 Å². The van der Waals surface area contributed by atoms with Crippen molar-refractivity contribution in [1.29, 1.82) is 0 Å². The van der Waals surface area contributed by atoms with Gasteiger partial charge in [-0.15, -0.1) is 0 Å². The Hall–Kier alpha value is -2.82. The van der Waals surface area contributed by atoms with E-state index in [1.54, 1.807) is 6.33 Å². The van der Waals surface area contributed by atoms with E-state index in [9.17, 15) is 0 Å². The number of H-pyrrole nitrogens is 1. The van der Waals surface area contributed by atoms with Crippen LogP contribution in [-0.2, 0) is 5.79 Å². The maximum atomic E-state index is 6.50. The molecule has 0 aliphatic carbocycles. The van der Waals surface area contributed by atoms with Crippen LogP contribution in [0.5, 0.6) is 0 Å². The number of aliphatic imine (C=N–C) groups is 1. The van der Waals surface area contributed by atoms with Crippen molar-refractivity contribution < 1.29 is 0 Å². The average Bonchev–Trinajstić information content (AvgIpc) is 3.07. The molecule has 136 valence electrons. The number of nitrogens with one attached hydrogen (secondary N) is 2. The average molecular weight is 351 g/mol. The summed E-state index contributed by atoms with van der Waals surface area (Å²) in [5.74, 6) is 6.22. The van der Waals surface area contributed by atoms with Crippen LogP contribution < -0.4 is 16.8 Å². The summed E-state index contributed by atoms with van der Waals surface area (Å²) >= 11 is 0. The van der Waals surface area contributed by atoms with E-state index in [1.807, 2.05) is 25.1 Å². The molecule has 0 saturated carbocycles. The lowest BCUT2D eigenvalue weighted by atomic mass is 9.99. The number of hydrogen-bond donors (Lipinski definition) is 4. The zero-order valence-electron chi connectivity index (χ0n) is 15.4. The fourth-order valence-electron chi connectivity index (χ4n) is 3.04. The van der Waals surface area contributed by atoms with E-state index in [0.29, 0.717) is 17.3 Å². The quantitative estimate of drug-likeness (QED) is 0.621. The van der Waals surface area contributed by atoms with E-state index in [0.717, 1.165) is 36.3 Å². The van der Waals surface area contributed by atoms with Gasteiger partial charge in [-0.05, 0) is 37.7 Å². The summed E-state index contributed by atoms with van der Waals surface area (Å²) in [6.45, 7) is 9.03. The monoisotopic (exact) mass is 351 g/mol. The number of anilines is 1. The standard InChI is InChI=1S/C19H25N7/c1-4-26(5-2)10-6-7-14-8-9-15(13(3)11-14)19(21)24-17(20)16-18(25-19)23-12-22-16/h8-9,11-12,25H,4-5,10,21H2,1-3H3,(H2,20,24)(H,22,23). The molecular formula is C19H25N7. The maximum absolute atomic E-state index is 6.50. The van der Waals surface area contributed by atoms with E-state index < -0.39 is 5.79 Å². The molecule has 0 amide bonds. The van der Waals surface area contributed by atoms with Crippen molar-refractivity contribution in [3.8, 4) is 11.8 Å². The number of aromatic amines is 1. The number of amidine groups is 1. The van der Waals surface area contributed by atoms with Crippen LogP contribution in [0.2, 0.25) is 0 Å². The molecule has 7 nitrogen and oxygen atoms in total. The van der Waals surface area contributed by atoms with Gasteiger partial charge in [0.2, 0.25) is 5.79 Å². The van der Waals surface area contributed by atoms with Gasteiger partial charge in [0, 0.05) is 11.1 Å². The van der Waals surface area contributed by atoms with Crippen LogP contribution in [-0.4, -0.2) is 40.3 Å². The Kier molecular flexibility index (Phi) is 4.98. The number of imidazole rings is 1. The molecule has 0 saturated heterocycles. The fraction of sp³-hybridized carbons (Fsp3) is 0.368. The summed E-state index contributed by atoms with van der Waals surface area (Å²) in [6, 6.07) is 5.92. The first-order valence-corrected chi connectivity index (χ1v) is 8.75. The molecule has 1 aromatic carbocycles. The lowest BCUT2D eigenvalue weighted by Crippen LogP contribution is -2.48. The van der Waals surface area contributed by atoms with Gasteiger partial charge in [-0.2, -0.15) is 0 Å². The third-order valence-electron chi connectivity index (χ3n) is 4.57. The third kappa shape index (κ3) is 3.43. The van der Waals surface area contributed by atoms with Crippen LogP contribution in [0.25, 0.3) is 0 Å². The molecule has 1 aromatic heterocycles. The van der Waals surface area contributed by atoms with Gasteiger partial charge in [-0.25, -0.2) is 9.98 Å². The highest BCUT2D eigenvalue weighted by atomic mass is 15.3. The minimum atomic E-state index is -1.15. The van der Waals surface area contributed by atoms with Crippen LogP contribution in [0.1, 0.15) is 36.2 Å². The Morgan fingerprint density at radius 2 is 2.04 bits per heavy atom. The summed E-state index contributed by atoms with van der Waals surface area (Å²) in [5, 5.41) is 3.16. The Morgan fingerprint density at radius 3 is 2.73 bits per heavy atom. The molecule has 2 heterocycles. The van der Waals surface area contributed by atoms with Crippen molar-refractivity contribution in [2.45, 2.75) is 26.6 Å². The Bertz CT molecular complexity index is 883. The second-order valence-electron chi connectivity index (χ2n) is 6.31. The van der Waals surface area contributed by atoms with Gasteiger partial charge in [0.15, 0.2) is 11.7 Å². The molecule has 26 heavy (non-hydrogen) atoms. The van der Waals surface area contributed by atoms with Crippen molar-refractivity contribution in [3.63, 3.8) is 0 Å². The highest BCUT2D eigenvalue weighted by molar-refractivity contribution is 6.01. The highest BCUT2D eigenvalue weighted by Gasteiger charge is 2.34. The van der Waals surface area contributed by atoms with E-state index in [1.165, 1.54) is 0 Å². The Balaban J connectivity index is 1.85. The normalized spacial score (nSPS) is 18.6. The summed E-state index contributed by atoms with van der Waals surface area (Å²) in [5.41, 5.74) is 16.0. The molecule has 0 fully saturated rings. The summed E-state index contributed by atoms with van der Waals surface area (Å²) in [6.07, 6.45) is 1.56. The lowest BCUT2D eigenvalue weighted by molar-refractivity contribution is 0.342. The smallest absolute Gasteiger partial charge is 0.212 e. The van der Waals surface area contributed by atoms with Crippen LogP contribution in [0.15, 0.2) is 29.5 Å². The summed E-state index contributed by atoms with van der Waals surface area (Å²) in [4.78, 5) is 13.9. The SMILES string of the molecule is CCN(CC)CC#Cc1ccc(C2(N)N=C(N)c3[nH]cnc3N2)c(C)c1. The molecule has 1 aliphatic heterocycles. The first-order valence-electron chi connectivity index (χ1n) is 8.75. The number of aromatic nitrogens is 2. The van der Waals surface area contributed by atoms with E-state index >= 15 is 0 Å². The van der Waals surface area contributed by atoms with E-state index in [4.69, 9.17) is 11.5 Å². The number of aryl methyl sites for hydroxylation is 1. The van der Waals surface area contributed by atoms with Crippen molar-refractivity contribution in [3.05, 3.63) is 46.9 Å². The number of rotatable bonds is 4. The van der Waals surface area contributed by atoms with Gasteiger partial charge in [-0.1, -0.05) is 31.8 Å². The number of nitrogens with two attached hydrogens (primary N) is 2. The van der Waals surface area contributed by atoms with Crippen molar-refractivity contribution >= 4 is 11.7 Å². The predicted molar refractivity (Wildman–Crippen MR) is 105 cm³/mol. The van der Waals surface area contributed by atoms with Crippen LogP contribution >= 0.6 is 0 Å². The zero-order chi connectivity index (χ0) is 18.7. The Morgan fingerprint density at radius 1 is 1.27 bits per heavy atom. The topological polar surface area (TPSA) is 108 Å². The minimum Gasteiger partial charge on any atom is -0.382 e. The first kappa shape index (κ1) is 18.0. The molecule has 1 atom stereocenters. The molecule has 0 radical (unpaired) electrons. The third-order valence-corrected chi connectivity index (χ3v) is 4.57. The van der Waals surface area contributed by atoms with Gasteiger partial charge in [0.1, 0.15) is 5.69 Å². The number of benzene rings is 1. The second-order valence-corrected chi connectivity index (χ2v) is 6.31. The van der Waals surface area contributed by atoms with Crippen molar-refractivity contribution in [2.24, 2.45) is 16.5 Å². The maximum Gasteiger partial charge on any atom is 0.212 e. The molecule has 0 bridgehead atoms. The minimum absolute atomic E-state index is 0.334. The number of nitrogens with zero attached hydrogens (tertiary/aromatic N) is 3. The van der Waals surface area contributed by atoms with Gasteiger partial charge < -0.3 is 16.0 Å². The van der Waals surface area contributed by atoms with Crippen LogP contribution in [0, 0.1) is 18.8 Å². The molecule has 1 aliphatic rings. The number of fused-ring (bicyclic) bond motifs is 1. The molecule has 7 heteroatoms.